The highest BCUT2D eigenvalue weighted by Crippen LogP contribution is 2.05. The minimum absolute atomic E-state index is 1.01. The summed E-state index contributed by atoms with van der Waals surface area (Å²) in [6, 6.07) is 8.54. The lowest BCUT2D eigenvalue weighted by Crippen LogP contribution is -2.30. The summed E-state index contributed by atoms with van der Waals surface area (Å²) in [4.78, 5) is 0. The van der Waals surface area contributed by atoms with Crippen molar-refractivity contribution in [2.75, 3.05) is 0 Å². The number of hydrogen-bond acceptors (Lipinski definition) is 0. The van der Waals surface area contributed by atoms with Crippen LogP contribution in [-0.4, -0.2) is 0 Å². The predicted octanol–water partition coefficient (Wildman–Crippen LogP) is 2.47. The summed E-state index contributed by atoms with van der Waals surface area (Å²) in [5.41, 5.74) is 2.46. The Kier molecular flexibility index (Phi) is 4.24. The van der Waals surface area contributed by atoms with Crippen molar-refractivity contribution in [1.82, 2.24) is 0 Å². The molecule has 2 aromatic heterocycles. The number of rotatable bonds is 4. The smallest absolute Gasteiger partial charge is 0.169 e. The SMILES string of the molecule is CC[n+]1ccc(/C=C/c2cc[n+](CC)cc2)cc1. The lowest BCUT2D eigenvalue weighted by Gasteiger charge is -1.95. The molecule has 0 spiro atoms. The Morgan fingerprint density at radius 3 is 1.33 bits per heavy atom. The zero-order chi connectivity index (χ0) is 12.8. The van der Waals surface area contributed by atoms with Gasteiger partial charge in [-0.15, -0.1) is 0 Å². The van der Waals surface area contributed by atoms with E-state index in [1.165, 1.54) is 11.1 Å². The largest absolute Gasteiger partial charge is 0.205 e. The van der Waals surface area contributed by atoms with Gasteiger partial charge in [0, 0.05) is 24.3 Å². The predicted molar refractivity (Wildman–Crippen MR) is 73.6 cm³/mol. The Balaban J connectivity index is 2.08. The average Bonchev–Trinajstić information content (AvgIpc) is 2.46. The maximum Gasteiger partial charge on any atom is 0.169 e. The van der Waals surface area contributed by atoms with Crippen molar-refractivity contribution in [3.05, 3.63) is 60.2 Å². The first-order valence-corrected chi connectivity index (χ1v) is 6.48. The van der Waals surface area contributed by atoms with E-state index < -0.39 is 0 Å². The van der Waals surface area contributed by atoms with Crippen LogP contribution in [0.5, 0.6) is 0 Å². The lowest BCUT2D eigenvalue weighted by atomic mass is 10.2. The van der Waals surface area contributed by atoms with Gasteiger partial charge in [0.05, 0.1) is 0 Å². The Morgan fingerprint density at radius 1 is 0.722 bits per heavy atom. The molecule has 0 amide bonds. The number of nitrogens with zero attached hydrogens (tertiary/aromatic N) is 2. The van der Waals surface area contributed by atoms with Crippen LogP contribution < -0.4 is 9.13 Å². The molecule has 0 saturated carbocycles. The Morgan fingerprint density at radius 2 is 1.06 bits per heavy atom. The molecule has 0 aliphatic carbocycles. The van der Waals surface area contributed by atoms with Crippen molar-refractivity contribution in [3.8, 4) is 0 Å². The molecule has 0 radical (unpaired) electrons. The molecule has 0 aliphatic heterocycles. The molecule has 2 heteroatoms. The maximum atomic E-state index is 2.16. The minimum atomic E-state index is 1.01. The summed E-state index contributed by atoms with van der Waals surface area (Å²) < 4.78 is 4.31. The molecule has 0 saturated heterocycles. The fraction of sp³-hybridized carbons (Fsp3) is 0.250. The van der Waals surface area contributed by atoms with Crippen LogP contribution in [0.15, 0.2) is 49.1 Å². The molecule has 0 bridgehead atoms. The topological polar surface area (TPSA) is 7.76 Å². The molecule has 0 N–H and O–H groups in total. The van der Waals surface area contributed by atoms with Crippen molar-refractivity contribution in [2.45, 2.75) is 26.9 Å². The zero-order valence-electron chi connectivity index (χ0n) is 11.1. The Labute approximate surface area is 109 Å². The van der Waals surface area contributed by atoms with Gasteiger partial charge in [-0.05, 0) is 25.0 Å². The Bertz CT molecular complexity index is 460. The van der Waals surface area contributed by atoms with Gasteiger partial charge in [-0.1, -0.05) is 12.2 Å². The van der Waals surface area contributed by atoms with Gasteiger partial charge in [0.2, 0.25) is 0 Å². The molecular formula is C16H20N2+2. The summed E-state index contributed by atoms with van der Waals surface area (Å²) in [5.74, 6) is 0. The molecule has 2 rings (SSSR count). The van der Waals surface area contributed by atoms with E-state index in [9.17, 15) is 0 Å². The molecule has 0 unspecified atom stereocenters. The fourth-order valence-corrected chi connectivity index (χ4v) is 1.77. The normalized spacial score (nSPS) is 11.0. The monoisotopic (exact) mass is 240 g/mol. The van der Waals surface area contributed by atoms with Gasteiger partial charge < -0.3 is 0 Å². The zero-order valence-corrected chi connectivity index (χ0v) is 11.1. The number of aromatic nitrogens is 2. The van der Waals surface area contributed by atoms with Gasteiger partial charge >= 0.3 is 0 Å². The van der Waals surface area contributed by atoms with E-state index in [0.29, 0.717) is 0 Å². The van der Waals surface area contributed by atoms with Gasteiger partial charge in [-0.2, -0.15) is 0 Å². The van der Waals surface area contributed by atoms with Gasteiger partial charge in [-0.25, -0.2) is 9.13 Å². The second kappa shape index (κ2) is 6.10. The summed E-state index contributed by atoms with van der Waals surface area (Å²) >= 11 is 0. The second-order valence-electron chi connectivity index (χ2n) is 4.26. The van der Waals surface area contributed by atoms with E-state index in [2.05, 4.69) is 84.2 Å². The van der Waals surface area contributed by atoms with E-state index in [4.69, 9.17) is 0 Å². The fourth-order valence-electron chi connectivity index (χ4n) is 1.77. The number of hydrogen-bond donors (Lipinski definition) is 0. The maximum absolute atomic E-state index is 2.16. The molecule has 2 nitrogen and oxygen atoms in total. The molecule has 18 heavy (non-hydrogen) atoms. The summed E-state index contributed by atoms with van der Waals surface area (Å²) in [5, 5.41) is 0. The quantitative estimate of drug-likeness (QED) is 0.725. The van der Waals surface area contributed by atoms with Crippen LogP contribution in [0.1, 0.15) is 25.0 Å². The molecule has 0 atom stereocenters. The summed E-state index contributed by atoms with van der Waals surface area (Å²) in [6.45, 7) is 6.31. The molecule has 0 aromatic carbocycles. The van der Waals surface area contributed by atoms with E-state index in [1.807, 2.05) is 0 Å². The van der Waals surface area contributed by atoms with E-state index >= 15 is 0 Å². The van der Waals surface area contributed by atoms with Crippen molar-refractivity contribution in [1.29, 1.82) is 0 Å². The summed E-state index contributed by atoms with van der Waals surface area (Å²) in [6.07, 6.45) is 12.7. The standard InChI is InChI=1S/C16H20N2/c1-3-17-11-7-15(8-12-17)5-6-16-9-13-18(4-2)14-10-16/h5-14H,3-4H2,1-2H3/q+2/b6-5+. The minimum Gasteiger partial charge on any atom is -0.205 e. The molecule has 92 valence electrons. The van der Waals surface area contributed by atoms with E-state index in [1.54, 1.807) is 0 Å². The molecular weight excluding hydrogens is 220 g/mol. The first kappa shape index (κ1) is 12.5. The third-order valence-electron chi connectivity index (χ3n) is 3.03. The molecule has 0 aliphatic rings. The highest BCUT2D eigenvalue weighted by Gasteiger charge is 1.96. The highest BCUT2D eigenvalue weighted by molar-refractivity contribution is 5.68. The third kappa shape index (κ3) is 3.27. The van der Waals surface area contributed by atoms with Crippen LogP contribution in [-0.2, 0) is 13.1 Å². The van der Waals surface area contributed by atoms with Crippen LogP contribution in [0.2, 0.25) is 0 Å². The first-order valence-electron chi connectivity index (χ1n) is 6.48. The van der Waals surface area contributed by atoms with Gasteiger partial charge in [0.15, 0.2) is 24.8 Å². The van der Waals surface area contributed by atoms with Gasteiger partial charge in [-0.3, -0.25) is 0 Å². The van der Waals surface area contributed by atoms with Gasteiger partial charge in [0.25, 0.3) is 0 Å². The lowest BCUT2D eigenvalue weighted by molar-refractivity contribution is -0.693. The molecule has 0 fully saturated rings. The first-order chi connectivity index (χ1) is 8.81. The Hall–Kier alpha value is -1.96. The van der Waals surface area contributed by atoms with Crippen LogP contribution in [0.3, 0.4) is 0 Å². The van der Waals surface area contributed by atoms with Crippen LogP contribution in [0.4, 0.5) is 0 Å². The highest BCUT2D eigenvalue weighted by atomic mass is 14.9. The number of aryl methyl sites for hydroxylation is 2. The van der Waals surface area contributed by atoms with Gasteiger partial charge in [0.1, 0.15) is 13.1 Å². The van der Waals surface area contributed by atoms with Crippen LogP contribution in [0, 0.1) is 0 Å². The number of pyridine rings is 2. The van der Waals surface area contributed by atoms with E-state index in [-0.39, 0.29) is 0 Å². The third-order valence-corrected chi connectivity index (χ3v) is 3.03. The van der Waals surface area contributed by atoms with Crippen molar-refractivity contribution in [2.24, 2.45) is 0 Å². The van der Waals surface area contributed by atoms with E-state index in [0.717, 1.165) is 13.1 Å². The van der Waals surface area contributed by atoms with Crippen molar-refractivity contribution in [3.63, 3.8) is 0 Å². The molecule has 2 aromatic rings. The van der Waals surface area contributed by atoms with Crippen molar-refractivity contribution < 1.29 is 9.13 Å². The van der Waals surface area contributed by atoms with Crippen LogP contribution >= 0.6 is 0 Å². The second-order valence-corrected chi connectivity index (χ2v) is 4.26. The average molecular weight is 240 g/mol. The molecule has 2 heterocycles. The van der Waals surface area contributed by atoms with Crippen LogP contribution in [0.25, 0.3) is 12.2 Å². The van der Waals surface area contributed by atoms with Crippen molar-refractivity contribution >= 4 is 12.2 Å². The summed E-state index contributed by atoms with van der Waals surface area (Å²) in [7, 11) is 0.